The van der Waals surface area contributed by atoms with E-state index in [1.54, 1.807) is 17.4 Å². The average Bonchev–Trinajstić information content (AvgIpc) is 2.84. The molecule has 0 saturated heterocycles. The topological polar surface area (TPSA) is 38.9 Å². The summed E-state index contributed by atoms with van der Waals surface area (Å²) in [4.78, 5) is 5.89. The van der Waals surface area contributed by atoms with Crippen LogP contribution in [0.25, 0.3) is 0 Å². The first-order valence-electron chi connectivity index (χ1n) is 6.34. The highest BCUT2D eigenvalue weighted by molar-refractivity contribution is 7.11. The van der Waals surface area contributed by atoms with Gasteiger partial charge in [-0.15, -0.1) is 11.3 Å². The number of nitrogens with zero attached hydrogens (tertiary/aromatic N) is 1. The highest BCUT2D eigenvalue weighted by Gasteiger charge is 2.21. The van der Waals surface area contributed by atoms with Gasteiger partial charge >= 0.3 is 0 Å². The van der Waals surface area contributed by atoms with Crippen molar-refractivity contribution in [2.75, 3.05) is 0 Å². The maximum Gasteiger partial charge on any atom is 0.128 e. The minimum atomic E-state index is -0.533. The average molecular weight is 297 g/mol. The molecule has 1 aliphatic carbocycles. The summed E-state index contributed by atoms with van der Waals surface area (Å²) in [6, 6.07) is 3.93. The summed E-state index contributed by atoms with van der Waals surface area (Å²) in [6.07, 6.45) is 4.46. The molecular formula is C14H14ClFN2S. The van der Waals surface area contributed by atoms with Gasteiger partial charge in [-0.05, 0) is 43.9 Å². The second-order valence-corrected chi connectivity index (χ2v) is 6.32. The quantitative estimate of drug-likeness (QED) is 0.914. The van der Waals surface area contributed by atoms with E-state index in [1.165, 1.54) is 29.9 Å². The summed E-state index contributed by atoms with van der Waals surface area (Å²) in [7, 11) is 0. The number of fused-ring (bicyclic) bond motifs is 1. The van der Waals surface area contributed by atoms with Crippen LogP contribution in [-0.4, -0.2) is 4.98 Å². The van der Waals surface area contributed by atoms with Crippen LogP contribution in [0.1, 0.15) is 40.0 Å². The summed E-state index contributed by atoms with van der Waals surface area (Å²) in [5, 5.41) is 1.28. The lowest BCUT2D eigenvalue weighted by Gasteiger charge is -2.10. The molecule has 0 bridgehead atoms. The predicted molar refractivity (Wildman–Crippen MR) is 76.2 cm³/mol. The van der Waals surface area contributed by atoms with E-state index < -0.39 is 6.04 Å². The van der Waals surface area contributed by atoms with Crippen LogP contribution in [0, 0.1) is 5.82 Å². The Bertz CT molecular complexity index is 588. The summed E-state index contributed by atoms with van der Waals surface area (Å²) in [5.74, 6) is -0.329. The van der Waals surface area contributed by atoms with Gasteiger partial charge in [0, 0.05) is 15.5 Å². The lowest BCUT2D eigenvalue weighted by Crippen LogP contribution is -2.13. The van der Waals surface area contributed by atoms with Crippen molar-refractivity contribution in [3.8, 4) is 0 Å². The zero-order valence-electron chi connectivity index (χ0n) is 10.3. The van der Waals surface area contributed by atoms with Gasteiger partial charge in [0.2, 0.25) is 0 Å². The molecule has 2 aromatic rings. The van der Waals surface area contributed by atoms with Gasteiger partial charge in [-0.1, -0.05) is 11.6 Å². The van der Waals surface area contributed by atoms with Gasteiger partial charge in [0.25, 0.3) is 0 Å². The zero-order valence-corrected chi connectivity index (χ0v) is 11.9. The van der Waals surface area contributed by atoms with E-state index >= 15 is 0 Å². The number of aromatic nitrogens is 1. The van der Waals surface area contributed by atoms with Crippen LogP contribution in [-0.2, 0) is 12.8 Å². The second kappa shape index (κ2) is 5.19. The van der Waals surface area contributed by atoms with Gasteiger partial charge in [-0.3, -0.25) is 0 Å². The van der Waals surface area contributed by atoms with Crippen LogP contribution >= 0.6 is 22.9 Å². The largest absolute Gasteiger partial charge is 0.318 e. The molecule has 0 aliphatic heterocycles. The predicted octanol–water partition coefficient (Wildman–Crippen LogP) is 3.86. The molecule has 2 nitrogen and oxygen atoms in total. The van der Waals surface area contributed by atoms with Crippen molar-refractivity contribution in [3.63, 3.8) is 0 Å². The third-order valence-corrected chi connectivity index (χ3v) is 4.90. The van der Waals surface area contributed by atoms with Crippen LogP contribution < -0.4 is 5.73 Å². The standard InChI is InChI=1S/C14H14ClFN2S/c15-8-5-6-10(16)9(7-8)13(17)14-18-11-3-1-2-4-12(11)19-14/h5-7,13H,1-4,17H2. The fourth-order valence-electron chi connectivity index (χ4n) is 2.39. The Balaban J connectivity index is 1.97. The lowest BCUT2D eigenvalue weighted by atomic mass is 10.0. The van der Waals surface area contributed by atoms with Crippen molar-refractivity contribution in [1.29, 1.82) is 0 Å². The van der Waals surface area contributed by atoms with Crippen LogP contribution in [0.2, 0.25) is 5.02 Å². The minimum absolute atomic E-state index is 0.329. The van der Waals surface area contributed by atoms with Crippen molar-refractivity contribution in [3.05, 3.63) is 50.2 Å². The van der Waals surface area contributed by atoms with E-state index in [0.29, 0.717) is 10.6 Å². The van der Waals surface area contributed by atoms with Crippen molar-refractivity contribution in [2.24, 2.45) is 5.73 Å². The number of aryl methyl sites for hydroxylation is 2. The third kappa shape index (κ3) is 2.53. The molecule has 1 heterocycles. The van der Waals surface area contributed by atoms with Crippen LogP contribution in [0.4, 0.5) is 4.39 Å². The van der Waals surface area contributed by atoms with Crippen LogP contribution in [0.15, 0.2) is 18.2 Å². The molecule has 0 spiro atoms. The normalized spacial score (nSPS) is 16.2. The first kappa shape index (κ1) is 13.0. The van der Waals surface area contributed by atoms with Crippen molar-refractivity contribution >= 4 is 22.9 Å². The van der Waals surface area contributed by atoms with Gasteiger partial charge in [-0.25, -0.2) is 9.37 Å². The van der Waals surface area contributed by atoms with E-state index in [-0.39, 0.29) is 5.82 Å². The molecule has 19 heavy (non-hydrogen) atoms. The Morgan fingerprint density at radius 3 is 2.89 bits per heavy atom. The Morgan fingerprint density at radius 2 is 2.11 bits per heavy atom. The number of nitrogens with two attached hydrogens (primary N) is 1. The van der Waals surface area contributed by atoms with Gasteiger partial charge < -0.3 is 5.73 Å². The summed E-state index contributed by atoms with van der Waals surface area (Å²) < 4.78 is 13.8. The highest BCUT2D eigenvalue weighted by Crippen LogP contribution is 2.32. The molecule has 1 aromatic carbocycles. The molecule has 1 aliphatic rings. The molecule has 0 amide bonds. The number of hydrogen-bond acceptors (Lipinski definition) is 3. The molecule has 1 unspecified atom stereocenters. The fraction of sp³-hybridized carbons (Fsp3) is 0.357. The molecule has 1 atom stereocenters. The maximum absolute atomic E-state index is 13.8. The SMILES string of the molecule is NC(c1nc2c(s1)CCCC2)c1cc(Cl)ccc1F. The number of rotatable bonds is 2. The fourth-order valence-corrected chi connectivity index (χ4v) is 3.75. The van der Waals surface area contributed by atoms with E-state index in [1.807, 2.05) is 0 Å². The van der Waals surface area contributed by atoms with Crippen molar-refractivity contribution in [2.45, 2.75) is 31.7 Å². The van der Waals surface area contributed by atoms with E-state index in [0.717, 1.165) is 23.5 Å². The number of hydrogen-bond donors (Lipinski definition) is 1. The van der Waals surface area contributed by atoms with Gasteiger partial charge in [-0.2, -0.15) is 0 Å². The molecule has 1 aromatic heterocycles. The lowest BCUT2D eigenvalue weighted by molar-refractivity contribution is 0.598. The summed E-state index contributed by atoms with van der Waals surface area (Å²) >= 11 is 7.52. The molecule has 3 rings (SSSR count). The highest BCUT2D eigenvalue weighted by atomic mass is 35.5. The Morgan fingerprint density at radius 1 is 1.32 bits per heavy atom. The van der Waals surface area contributed by atoms with Crippen molar-refractivity contribution in [1.82, 2.24) is 4.98 Å². The first-order valence-corrected chi connectivity index (χ1v) is 7.53. The molecule has 0 radical (unpaired) electrons. The molecule has 0 saturated carbocycles. The second-order valence-electron chi connectivity index (χ2n) is 4.77. The smallest absolute Gasteiger partial charge is 0.128 e. The van der Waals surface area contributed by atoms with Gasteiger partial charge in [0.05, 0.1) is 11.7 Å². The first-order chi connectivity index (χ1) is 9.15. The zero-order chi connectivity index (χ0) is 13.4. The molecule has 2 N–H and O–H groups in total. The Kier molecular flexibility index (Phi) is 3.56. The van der Waals surface area contributed by atoms with Gasteiger partial charge in [0.15, 0.2) is 0 Å². The molecule has 5 heteroatoms. The van der Waals surface area contributed by atoms with E-state index in [2.05, 4.69) is 4.98 Å². The summed E-state index contributed by atoms with van der Waals surface area (Å²) in [6.45, 7) is 0. The molecule has 100 valence electrons. The Hall–Kier alpha value is -0.970. The summed E-state index contributed by atoms with van der Waals surface area (Å²) in [5.41, 5.74) is 7.71. The van der Waals surface area contributed by atoms with E-state index in [4.69, 9.17) is 17.3 Å². The molecular weight excluding hydrogens is 283 g/mol. The number of thiazole rings is 1. The Labute approximate surface area is 120 Å². The maximum atomic E-state index is 13.8. The number of halogens is 2. The van der Waals surface area contributed by atoms with Gasteiger partial charge in [0.1, 0.15) is 10.8 Å². The molecule has 0 fully saturated rings. The third-order valence-electron chi connectivity index (χ3n) is 3.42. The van der Waals surface area contributed by atoms with Crippen LogP contribution in [0.3, 0.4) is 0 Å². The van der Waals surface area contributed by atoms with E-state index in [9.17, 15) is 4.39 Å². The van der Waals surface area contributed by atoms with Crippen LogP contribution in [0.5, 0.6) is 0 Å². The van der Waals surface area contributed by atoms with Crippen molar-refractivity contribution < 1.29 is 4.39 Å². The monoisotopic (exact) mass is 296 g/mol. The minimum Gasteiger partial charge on any atom is -0.318 e. The number of benzene rings is 1.